The Labute approximate surface area is 268 Å². The van der Waals surface area contributed by atoms with Gasteiger partial charge in [0, 0.05) is 19.3 Å². The second kappa shape index (κ2) is 34.6. The van der Waals surface area contributed by atoms with Gasteiger partial charge < -0.3 is 23.0 Å². The Hall–Kier alpha value is -0.255. The first-order valence-corrected chi connectivity index (χ1v) is 19.4. The van der Waals surface area contributed by atoms with Crippen molar-refractivity contribution in [2.75, 3.05) is 0 Å². The summed E-state index contributed by atoms with van der Waals surface area (Å²) in [5, 5.41) is 0. The number of quaternary nitrogens is 1. The zero-order valence-corrected chi connectivity index (χ0v) is 29.6. The van der Waals surface area contributed by atoms with Crippen molar-refractivity contribution in [3.8, 4) is 0 Å². The maximum Gasteiger partial charge on any atom is 0.673 e. The Morgan fingerprint density at radius 3 is 0.628 bits per heavy atom. The van der Waals surface area contributed by atoms with E-state index in [1.807, 2.05) is 0 Å². The van der Waals surface area contributed by atoms with Crippen molar-refractivity contribution in [3.05, 3.63) is 0 Å². The van der Waals surface area contributed by atoms with Gasteiger partial charge in [-0.25, -0.2) is 0 Å². The zero-order valence-electron chi connectivity index (χ0n) is 29.6. The quantitative estimate of drug-likeness (QED) is 0.0428. The van der Waals surface area contributed by atoms with E-state index in [0.29, 0.717) is 5.54 Å². The first-order valence-electron chi connectivity index (χ1n) is 19.4. The second-order valence-corrected chi connectivity index (χ2v) is 13.8. The highest BCUT2D eigenvalue weighted by Gasteiger charge is 2.27. The first-order chi connectivity index (χ1) is 20.7. The lowest BCUT2D eigenvalue weighted by molar-refractivity contribution is -0.484. The summed E-state index contributed by atoms with van der Waals surface area (Å²) >= 11 is 0. The summed E-state index contributed by atoms with van der Waals surface area (Å²) in [4.78, 5) is 0. The third-order valence-corrected chi connectivity index (χ3v) is 9.18. The number of rotatable bonds is 33. The van der Waals surface area contributed by atoms with Crippen LogP contribution >= 0.6 is 0 Å². The van der Waals surface area contributed by atoms with Crippen LogP contribution in [0.2, 0.25) is 0 Å². The molecule has 0 fully saturated rings. The highest BCUT2D eigenvalue weighted by Crippen LogP contribution is 2.26. The van der Waals surface area contributed by atoms with Gasteiger partial charge in [0.05, 0.1) is 5.54 Å². The molecule has 0 aliphatic rings. The molecule has 0 aliphatic carbocycles. The van der Waals surface area contributed by atoms with E-state index in [9.17, 15) is 17.3 Å². The van der Waals surface area contributed by atoms with E-state index < -0.39 is 7.25 Å². The van der Waals surface area contributed by atoms with E-state index in [0.717, 1.165) is 0 Å². The lowest BCUT2D eigenvalue weighted by Gasteiger charge is -2.26. The van der Waals surface area contributed by atoms with Crippen molar-refractivity contribution in [1.29, 1.82) is 0 Å². The molecule has 0 rings (SSSR count). The van der Waals surface area contributed by atoms with Crippen molar-refractivity contribution >= 4 is 7.25 Å². The summed E-state index contributed by atoms with van der Waals surface area (Å²) in [6.07, 6.45) is 47.5. The molecule has 262 valence electrons. The Morgan fingerprint density at radius 2 is 0.465 bits per heavy atom. The van der Waals surface area contributed by atoms with Crippen molar-refractivity contribution in [2.24, 2.45) is 0 Å². The summed E-state index contributed by atoms with van der Waals surface area (Å²) in [5.41, 5.74) is 5.27. The lowest BCUT2D eigenvalue weighted by Crippen LogP contribution is -2.72. The van der Waals surface area contributed by atoms with Crippen LogP contribution in [-0.2, 0) is 0 Å². The van der Waals surface area contributed by atoms with Crippen molar-refractivity contribution < 1.29 is 23.0 Å². The number of unbranched alkanes of at least 4 members (excludes halogenated alkanes) is 27. The Morgan fingerprint density at radius 1 is 0.326 bits per heavy atom. The van der Waals surface area contributed by atoms with Gasteiger partial charge >= 0.3 is 7.25 Å². The molecular formula is C37H78BF4N. The predicted octanol–water partition coefficient (Wildman–Crippen LogP) is 14.2. The van der Waals surface area contributed by atoms with Crippen LogP contribution in [0.25, 0.3) is 0 Å². The fraction of sp³-hybridized carbons (Fsp3) is 1.00. The Bertz CT molecular complexity index is 450. The average Bonchev–Trinajstić information content (AvgIpc) is 2.95. The van der Waals surface area contributed by atoms with Crippen molar-refractivity contribution in [2.45, 2.75) is 238 Å². The summed E-state index contributed by atoms with van der Waals surface area (Å²) in [7, 11) is -6.00. The molecule has 0 bridgehead atoms. The summed E-state index contributed by atoms with van der Waals surface area (Å²) in [5.74, 6) is 0. The molecule has 0 atom stereocenters. The van der Waals surface area contributed by atoms with Crippen LogP contribution in [0.1, 0.15) is 233 Å². The fourth-order valence-corrected chi connectivity index (χ4v) is 6.34. The largest absolute Gasteiger partial charge is 0.673 e. The molecule has 0 saturated heterocycles. The van der Waals surface area contributed by atoms with Gasteiger partial charge in [0.1, 0.15) is 0 Å². The molecular weight excluding hydrogens is 545 g/mol. The van der Waals surface area contributed by atoms with Crippen LogP contribution in [0.4, 0.5) is 17.3 Å². The van der Waals surface area contributed by atoms with Crippen LogP contribution in [0.3, 0.4) is 0 Å². The average molecular weight is 624 g/mol. The molecule has 3 N–H and O–H groups in total. The van der Waals surface area contributed by atoms with E-state index in [1.54, 1.807) is 0 Å². The van der Waals surface area contributed by atoms with Crippen LogP contribution in [0.5, 0.6) is 0 Å². The Kier molecular flexibility index (Phi) is 36.1. The molecule has 0 spiro atoms. The minimum absolute atomic E-state index is 0.375. The van der Waals surface area contributed by atoms with E-state index in [4.69, 9.17) is 5.73 Å². The van der Waals surface area contributed by atoms with E-state index in [2.05, 4.69) is 20.8 Å². The third-order valence-electron chi connectivity index (χ3n) is 9.18. The van der Waals surface area contributed by atoms with Crippen molar-refractivity contribution in [3.63, 3.8) is 0 Å². The lowest BCUT2D eigenvalue weighted by atomic mass is 9.82. The van der Waals surface area contributed by atoms with Crippen molar-refractivity contribution in [1.82, 2.24) is 0 Å². The fourth-order valence-electron chi connectivity index (χ4n) is 6.34. The molecule has 0 aromatic carbocycles. The molecule has 0 heterocycles. The summed E-state index contributed by atoms with van der Waals surface area (Å²) in [6, 6.07) is 0. The topological polar surface area (TPSA) is 27.6 Å². The van der Waals surface area contributed by atoms with E-state index in [1.165, 1.54) is 212 Å². The van der Waals surface area contributed by atoms with Crippen LogP contribution < -0.4 is 5.73 Å². The maximum atomic E-state index is 9.75. The van der Waals surface area contributed by atoms with E-state index >= 15 is 0 Å². The molecule has 1 nitrogen and oxygen atoms in total. The molecule has 0 aromatic heterocycles. The highest BCUT2D eigenvalue weighted by molar-refractivity contribution is 6.50. The number of hydrogen-bond acceptors (Lipinski definition) is 0. The van der Waals surface area contributed by atoms with Crippen LogP contribution in [-0.4, -0.2) is 12.8 Å². The van der Waals surface area contributed by atoms with Gasteiger partial charge in [-0.05, 0) is 19.3 Å². The van der Waals surface area contributed by atoms with Gasteiger partial charge in [-0.15, -0.1) is 0 Å². The molecule has 0 saturated carbocycles. The molecule has 6 heteroatoms. The smallest absolute Gasteiger partial charge is 0.418 e. The molecule has 43 heavy (non-hydrogen) atoms. The van der Waals surface area contributed by atoms with Gasteiger partial charge in [-0.1, -0.05) is 194 Å². The number of hydrogen-bond donors (Lipinski definition) is 1. The molecule has 0 radical (unpaired) electrons. The minimum atomic E-state index is -6.00. The molecule has 0 aliphatic heterocycles. The molecule has 0 aromatic rings. The number of halogens is 4. The van der Waals surface area contributed by atoms with Crippen LogP contribution in [0.15, 0.2) is 0 Å². The van der Waals surface area contributed by atoms with Gasteiger partial charge in [0.15, 0.2) is 0 Å². The summed E-state index contributed by atoms with van der Waals surface area (Å²) in [6.45, 7) is 6.95. The van der Waals surface area contributed by atoms with Gasteiger partial charge in [0.25, 0.3) is 0 Å². The van der Waals surface area contributed by atoms with Gasteiger partial charge in [-0.2, -0.15) is 0 Å². The monoisotopic (exact) mass is 624 g/mol. The predicted molar refractivity (Wildman–Crippen MR) is 185 cm³/mol. The highest BCUT2D eigenvalue weighted by atomic mass is 19.5. The minimum Gasteiger partial charge on any atom is -0.418 e. The second-order valence-electron chi connectivity index (χ2n) is 13.8. The molecule has 0 amide bonds. The Balaban J connectivity index is 0. The standard InChI is InChI=1S/C37H77N.BF4/c1-4-7-10-13-16-19-22-25-28-31-34-37(38,35-32-29-26-23-20-17-14-11-8-5-2)36-33-30-27-24-21-18-15-12-9-6-3;2-1(3,4)5/h4-36,38H2,1-3H3;/q;-1/p+1. The maximum absolute atomic E-state index is 9.75. The zero-order chi connectivity index (χ0) is 32.3. The summed E-state index contributed by atoms with van der Waals surface area (Å²) < 4.78 is 39.0. The van der Waals surface area contributed by atoms with Gasteiger partial charge in [-0.3, -0.25) is 0 Å². The van der Waals surface area contributed by atoms with E-state index in [-0.39, 0.29) is 0 Å². The third kappa shape index (κ3) is 43.9. The first kappa shape index (κ1) is 44.9. The van der Waals surface area contributed by atoms with Crippen LogP contribution in [0, 0.1) is 0 Å². The normalized spacial score (nSPS) is 12.0. The van der Waals surface area contributed by atoms with Gasteiger partial charge in [0.2, 0.25) is 0 Å². The molecule has 0 unspecified atom stereocenters. The SMILES string of the molecule is CCCCCCCCCCCCC([NH3+])(CCCCCCCCCCCC)CCCCCCCCCCCC.F[B-](F)(F)F.